The number of ether oxygens (including phenoxy) is 2. The molecule has 16 heavy (non-hydrogen) atoms. The van der Waals surface area contributed by atoms with Gasteiger partial charge in [0, 0.05) is 0 Å². The Hall–Kier alpha value is -1.22. The van der Waals surface area contributed by atoms with E-state index in [0.29, 0.717) is 13.0 Å². The van der Waals surface area contributed by atoms with Gasteiger partial charge in [0.25, 0.3) is 0 Å². The van der Waals surface area contributed by atoms with Gasteiger partial charge in [-0.3, -0.25) is 0 Å². The molecule has 0 aliphatic heterocycles. The number of aliphatic hydroxyl groups is 1. The Kier molecular flexibility index (Phi) is 5.12. The lowest BCUT2D eigenvalue weighted by atomic mass is 10.1. The number of benzene rings is 1. The van der Waals surface area contributed by atoms with Crippen LogP contribution in [0.3, 0.4) is 0 Å². The first-order valence-electron chi connectivity index (χ1n) is 5.69. The Balaban J connectivity index is 2.84. The maximum Gasteiger partial charge on any atom is 0.161 e. The summed E-state index contributed by atoms with van der Waals surface area (Å²) in [6.45, 7) is 4.51. The number of methoxy groups -OCH3 is 1. The van der Waals surface area contributed by atoms with Gasteiger partial charge in [-0.2, -0.15) is 0 Å². The van der Waals surface area contributed by atoms with Crippen LogP contribution in [0, 0.1) is 0 Å². The average molecular weight is 224 g/mol. The first-order chi connectivity index (χ1) is 7.71. The average Bonchev–Trinajstić information content (AvgIpc) is 2.30. The Morgan fingerprint density at radius 3 is 2.56 bits per heavy atom. The van der Waals surface area contributed by atoms with Crippen molar-refractivity contribution in [2.75, 3.05) is 13.7 Å². The van der Waals surface area contributed by atoms with Gasteiger partial charge in [-0.25, -0.2) is 0 Å². The third-order valence-corrected chi connectivity index (χ3v) is 2.47. The fourth-order valence-electron chi connectivity index (χ4n) is 1.53. The fraction of sp³-hybridized carbons (Fsp3) is 0.538. The van der Waals surface area contributed by atoms with E-state index in [1.54, 1.807) is 7.11 Å². The highest BCUT2D eigenvalue weighted by Crippen LogP contribution is 2.28. The third kappa shape index (κ3) is 3.42. The van der Waals surface area contributed by atoms with Crippen molar-refractivity contribution in [2.24, 2.45) is 0 Å². The van der Waals surface area contributed by atoms with E-state index in [2.05, 4.69) is 0 Å². The molecule has 0 bridgehead atoms. The van der Waals surface area contributed by atoms with Crippen LogP contribution in [0.1, 0.15) is 25.8 Å². The van der Waals surface area contributed by atoms with Crippen LogP contribution in [0.2, 0.25) is 0 Å². The van der Waals surface area contributed by atoms with E-state index in [1.165, 1.54) is 0 Å². The summed E-state index contributed by atoms with van der Waals surface area (Å²) in [6.07, 6.45) is 1.12. The molecule has 90 valence electrons. The van der Waals surface area contributed by atoms with E-state index in [1.807, 2.05) is 32.0 Å². The van der Waals surface area contributed by atoms with Crippen molar-refractivity contribution in [1.29, 1.82) is 0 Å². The Morgan fingerprint density at radius 1 is 1.25 bits per heavy atom. The van der Waals surface area contributed by atoms with Crippen molar-refractivity contribution in [2.45, 2.75) is 32.8 Å². The second-order valence-corrected chi connectivity index (χ2v) is 3.68. The molecule has 3 nitrogen and oxygen atoms in total. The monoisotopic (exact) mass is 224 g/mol. The predicted molar refractivity (Wildman–Crippen MR) is 64.2 cm³/mol. The minimum Gasteiger partial charge on any atom is -0.493 e. The first-order valence-corrected chi connectivity index (χ1v) is 5.69. The number of aliphatic hydroxyl groups excluding tert-OH is 1. The predicted octanol–water partition coefficient (Wildman–Crippen LogP) is 2.41. The minimum atomic E-state index is -0.289. The molecule has 0 aliphatic carbocycles. The Morgan fingerprint density at radius 2 is 2.00 bits per heavy atom. The minimum absolute atomic E-state index is 0.289. The van der Waals surface area contributed by atoms with Crippen molar-refractivity contribution in [3.63, 3.8) is 0 Å². The molecular weight excluding hydrogens is 204 g/mol. The zero-order valence-corrected chi connectivity index (χ0v) is 10.2. The molecule has 0 saturated heterocycles. The summed E-state index contributed by atoms with van der Waals surface area (Å²) in [5.41, 5.74) is 1.07. The van der Waals surface area contributed by atoms with Crippen molar-refractivity contribution in [3.8, 4) is 11.5 Å². The van der Waals surface area contributed by atoms with Gasteiger partial charge in [0.15, 0.2) is 11.5 Å². The lowest BCUT2D eigenvalue weighted by Gasteiger charge is -2.12. The maximum absolute atomic E-state index is 9.59. The first kappa shape index (κ1) is 12.8. The van der Waals surface area contributed by atoms with E-state index in [9.17, 15) is 5.11 Å². The zero-order chi connectivity index (χ0) is 12.0. The van der Waals surface area contributed by atoms with Crippen LogP contribution < -0.4 is 9.47 Å². The van der Waals surface area contributed by atoms with Gasteiger partial charge < -0.3 is 14.6 Å². The summed E-state index contributed by atoms with van der Waals surface area (Å²) >= 11 is 0. The molecule has 3 heteroatoms. The second-order valence-electron chi connectivity index (χ2n) is 3.68. The summed E-state index contributed by atoms with van der Waals surface area (Å²) in [5, 5.41) is 9.59. The number of hydrogen-bond acceptors (Lipinski definition) is 3. The molecule has 0 spiro atoms. The molecule has 0 aromatic heterocycles. The Labute approximate surface area is 97.0 Å². The van der Waals surface area contributed by atoms with Crippen LogP contribution >= 0.6 is 0 Å². The van der Waals surface area contributed by atoms with E-state index >= 15 is 0 Å². The molecule has 1 aromatic rings. The van der Waals surface area contributed by atoms with Crippen LogP contribution in [0.4, 0.5) is 0 Å². The molecule has 0 aliphatic rings. The molecule has 0 heterocycles. The van der Waals surface area contributed by atoms with E-state index in [0.717, 1.165) is 23.5 Å². The normalized spacial score (nSPS) is 12.2. The number of rotatable bonds is 6. The molecule has 0 fully saturated rings. The van der Waals surface area contributed by atoms with Crippen LogP contribution in [-0.2, 0) is 6.42 Å². The van der Waals surface area contributed by atoms with Crippen molar-refractivity contribution >= 4 is 0 Å². The smallest absolute Gasteiger partial charge is 0.161 e. The van der Waals surface area contributed by atoms with Gasteiger partial charge in [-0.15, -0.1) is 0 Å². The van der Waals surface area contributed by atoms with Gasteiger partial charge in [-0.1, -0.05) is 13.0 Å². The third-order valence-electron chi connectivity index (χ3n) is 2.47. The van der Waals surface area contributed by atoms with E-state index < -0.39 is 0 Å². The summed E-state index contributed by atoms with van der Waals surface area (Å²) in [4.78, 5) is 0. The highest BCUT2D eigenvalue weighted by molar-refractivity contribution is 5.43. The highest BCUT2D eigenvalue weighted by atomic mass is 16.5. The van der Waals surface area contributed by atoms with Crippen molar-refractivity contribution < 1.29 is 14.6 Å². The van der Waals surface area contributed by atoms with Gasteiger partial charge >= 0.3 is 0 Å². The van der Waals surface area contributed by atoms with E-state index in [-0.39, 0.29) is 6.10 Å². The lowest BCUT2D eigenvalue weighted by molar-refractivity contribution is 0.170. The highest BCUT2D eigenvalue weighted by Gasteiger charge is 2.08. The standard InChI is InChI=1S/C13H20O3/c1-4-11(14)8-10-6-7-12(15-3)13(9-10)16-5-2/h6-7,9,11,14H,4-5,8H2,1-3H3. The van der Waals surface area contributed by atoms with Crippen LogP contribution in [-0.4, -0.2) is 24.9 Å². The second kappa shape index (κ2) is 6.38. The maximum atomic E-state index is 9.59. The van der Waals surface area contributed by atoms with Crippen molar-refractivity contribution in [1.82, 2.24) is 0 Å². The van der Waals surface area contributed by atoms with Crippen LogP contribution in [0.5, 0.6) is 11.5 Å². The molecule has 1 rings (SSSR count). The largest absolute Gasteiger partial charge is 0.493 e. The summed E-state index contributed by atoms with van der Waals surface area (Å²) in [7, 11) is 1.62. The Bertz CT molecular complexity index is 323. The molecule has 0 radical (unpaired) electrons. The van der Waals surface area contributed by atoms with Crippen molar-refractivity contribution in [3.05, 3.63) is 23.8 Å². The van der Waals surface area contributed by atoms with Gasteiger partial charge in [0.2, 0.25) is 0 Å². The quantitative estimate of drug-likeness (QED) is 0.806. The molecule has 1 N–H and O–H groups in total. The molecular formula is C13H20O3. The SMILES string of the molecule is CCOc1cc(CC(O)CC)ccc1OC. The lowest BCUT2D eigenvalue weighted by Crippen LogP contribution is -2.08. The van der Waals surface area contributed by atoms with E-state index in [4.69, 9.17) is 9.47 Å². The topological polar surface area (TPSA) is 38.7 Å². The molecule has 1 aromatic carbocycles. The van der Waals surface area contributed by atoms with Crippen LogP contribution in [0.25, 0.3) is 0 Å². The molecule has 0 amide bonds. The number of hydrogen-bond donors (Lipinski definition) is 1. The summed E-state index contributed by atoms with van der Waals surface area (Å²) < 4.78 is 10.7. The molecule has 1 atom stereocenters. The van der Waals surface area contributed by atoms with Gasteiger partial charge in [0.1, 0.15) is 0 Å². The van der Waals surface area contributed by atoms with Crippen LogP contribution in [0.15, 0.2) is 18.2 Å². The van der Waals surface area contributed by atoms with Gasteiger partial charge in [-0.05, 0) is 37.5 Å². The molecule has 1 unspecified atom stereocenters. The van der Waals surface area contributed by atoms with Gasteiger partial charge in [0.05, 0.1) is 19.8 Å². The zero-order valence-electron chi connectivity index (χ0n) is 10.2. The summed E-state index contributed by atoms with van der Waals surface area (Å²) in [5.74, 6) is 1.47. The fourth-order valence-corrected chi connectivity index (χ4v) is 1.53. The summed E-state index contributed by atoms with van der Waals surface area (Å²) in [6, 6.07) is 5.77. The molecule has 0 saturated carbocycles.